The normalized spacial score (nSPS) is 10.9. The van der Waals surface area contributed by atoms with Crippen molar-refractivity contribution >= 4 is 35.4 Å². The van der Waals surface area contributed by atoms with Gasteiger partial charge in [-0.05, 0) is 19.1 Å². The van der Waals surface area contributed by atoms with Crippen molar-refractivity contribution in [1.29, 1.82) is 0 Å². The van der Waals surface area contributed by atoms with Crippen LogP contribution in [0.2, 0.25) is 5.02 Å². The molecule has 30 heavy (non-hydrogen) atoms. The van der Waals surface area contributed by atoms with Gasteiger partial charge in [-0.25, -0.2) is 10.2 Å². The zero-order chi connectivity index (χ0) is 21.7. The highest BCUT2D eigenvalue weighted by atomic mass is 35.5. The van der Waals surface area contributed by atoms with Crippen LogP contribution in [0.5, 0.6) is 0 Å². The highest BCUT2D eigenvalue weighted by Crippen LogP contribution is 2.27. The third-order valence-corrected chi connectivity index (χ3v) is 4.08. The number of anilines is 1. The van der Waals surface area contributed by atoms with Gasteiger partial charge in [0.15, 0.2) is 0 Å². The molecule has 0 aliphatic carbocycles. The average molecular weight is 433 g/mol. The summed E-state index contributed by atoms with van der Waals surface area (Å²) in [6.07, 6.45) is 1.12. The largest absolute Gasteiger partial charge is 0.461 e. The van der Waals surface area contributed by atoms with Gasteiger partial charge >= 0.3 is 11.7 Å². The number of nitrogens with zero attached hydrogens (tertiary/aromatic N) is 3. The number of hydrogen-bond donors (Lipinski definition) is 1. The maximum Gasteiger partial charge on any atom is 0.362 e. The lowest BCUT2D eigenvalue weighted by molar-refractivity contribution is -0.387. The van der Waals surface area contributed by atoms with Crippen LogP contribution in [-0.2, 0) is 4.74 Å². The fourth-order valence-electron chi connectivity index (χ4n) is 2.39. The summed E-state index contributed by atoms with van der Waals surface area (Å²) in [5, 5.41) is 14.7. The number of ether oxygens (including phenoxy) is 1. The number of oxazole rings is 1. The molecule has 1 heterocycles. The summed E-state index contributed by atoms with van der Waals surface area (Å²) >= 11 is 5.90. The number of hydrazone groups is 1. The van der Waals surface area contributed by atoms with Gasteiger partial charge in [0.05, 0.1) is 22.8 Å². The minimum Gasteiger partial charge on any atom is -0.461 e. The molecule has 0 aliphatic rings. The number of halogens is 2. The Morgan fingerprint density at radius 3 is 2.80 bits per heavy atom. The molecule has 3 rings (SSSR count). The van der Waals surface area contributed by atoms with E-state index < -0.39 is 22.4 Å². The van der Waals surface area contributed by atoms with Gasteiger partial charge in [-0.3, -0.25) is 10.1 Å². The van der Waals surface area contributed by atoms with Crippen LogP contribution in [0.4, 0.5) is 16.0 Å². The number of aromatic nitrogens is 1. The number of benzene rings is 2. The molecule has 0 saturated heterocycles. The monoisotopic (exact) mass is 432 g/mol. The van der Waals surface area contributed by atoms with Crippen LogP contribution in [0, 0.1) is 15.9 Å². The van der Waals surface area contributed by atoms with Crippen LogP contribution in [0.25, 0.3) is 11.5 Å². The standard InChI is InChI=1S/C19H14ClFN4O5/c1-2-29-19(26)16-18(30-17(23-16)11-6-4-3-5-7-11)24-22-10-12-8-15(25(27)28)14(21)9-13(12)20/h3-10,24H,2H2,1H3/b22-10+. The van der Waals surface area contributed by atoms with Crippen molar-refractivity contribution in [3.8, 4) is 11.5 Å². The maximum atomic E-state index is 13.6. The number of nitro benzene ring substituents is 1. The van der Waals surface area contributed by atoms with E-state index in [0.29, 0.717) is 5.56 Å². The van der Waals surface area contributed by atoms with Crippen LogP contribution in [0.3, 0.4) is 0 Å². The van der Waals surface area contributed by atoms with E-state index in [0.717, 1.165) is 18.3 Å². The molecular formula is C19H14ClFN4O5. The molecule has 1 N–H and O–H groups in total. The van der Waals surface area contributed by atoms with E-state index in [1.807, 2.05) is 6.07 Å². The van der Waals surface area contributed by atoms with Gasteiger partial charge in [0.2, 0.25) is 23.3 Å². The van der Waals surface area contributed by atoms with Crippen molar-refractivity contribution in [3.05, 3.63) is 74.7 Å². The molecule has 0 spiro atoms. The molecule has 0 atom stereocenters. The lowest BCUT2D eigenvalue weighted by Gasteiger charge is -2.01. The zero-order valence-corrected chi connectivity index (χ0v) is 16.2. The lowest BCUT2D eigenvalue weighted by Crippen LogP contribution is -2.07. The first-order valence-electron chi connectivity index (χ1n) is 8.56. The van der Waals surface area contributed by atoms with Crippen LogP contribution in [-0.4, -0.2) is 28.7 Å². The first-order chi connectivity index (χ1) is 14.4. The molecule has 154 valence electrons. The van der Waals surface area contributed by atoms with E-state index in [1.54, 1.807) is 31.2 Å². The van der Waals surface area contributed by atoms with Crippen molar-refractivity contribution in [1.82, 2.24) is 4.98 Å². The summed E-state index contributed by atoms with van der Waals surface area (Å²) in [6, 6.07) is 10.6. The van der Waals surface area contributed by atoms with Gasteiger partial charge < -0.3 is 9.15 Å². The second-order valence-electron chi connectivity index (χ2n) is 5.74. The minimum absolute atomic E-state index is 0.0812. The molecule has 1 aromatic heterocycles. The fourth-order valence-corrected chi connectivity index (χ4v) is 2.59. The Balaban J connectivity index is 1.90. The Morgan fingerprint density at radius 1 is 1.40 bits per heavy atom. The van der Waals surface area contributed by atoms with E-state index >= 15 is 0 Å². The van der Waals surface area contributed by atoms with E-state index in [2.05, 4.69) is 15.5 Å². The predicted molar refractivity (Wildman–Crippen MR) is 107 cm³/mol. The number of nitrogens with one attached hydrogen (secondary N) is 1. The van der Waals surface area contributed by atoms with E-state index in [1.165, 1.54) is 0 Å². The van der Waals surface area contributed by atoms with Gasteiger partial charge in [-0.2, -0.15) is 14.5 Å². The summed E-state index contributed by atoms with van der Waals surface area (Å²) in [4.78, 5) is 26.3. The Labute approximate surface area is 174 Å². The van der Waals surface area contributed by atoms with Gasteiger partial charge in [-0.1, -0.05) is 29.8 Å². The highest BCUT2D eigenvalue weighted by molar-refractivity contribution is 6.33. The van der Waals surface area contributed by atoms with Crippen LogP contribution in [0.1, 0.15) is 23.0 Å². The molecular weight excluding hydrogens is 419 g/mol. The number of rotatable bonds is 7. The van der Waals surface area contributed by atoms with E-state index in [9.17, 15) is 19.3 Å². The average Bonchev–Trinajstić information content (AvgIpc) is 3.14. The molecule has 11 heteroatoms. The molecule has 0 bridgehead atoms. The van der Waals surface area contributed by atoms with Crippen molar-refractivity contribution in [2.24, 2.45) is 5.10 Å². The molecule has 3 aromatic rings. The minimum atomic E-state index is -1.07. The zero-order valence-electron chi connectivity index (χ0n) is 15.5. The highest BCUT2D eigenvalue weighted by Gasteiger charge is 2.22. The summed E-state index contributed by atoms with van der Waals surface area (Å²) in [5.41, 5.74) is 2.32. The Hall–Kier alpha value is -3.79. The van der Waals surface area contributed by atoms with Crippen LogP contribution >= 0.6 is 11.6 Å². The van der Waals surface area contributed by atoms with Crippen molar-refractivity contribution in [3.63, 3.8) is 0 Å². The second kappa shape index (κ2) is 9.14. The number of hydrogen-bond acceptors (Lipinski definition) is 8. The predicted octanol–water partition coefficient (Wildman–Crippen LogP) is 4.67. The third kappa shape index (κ3) is 4.61. The first-order valence-corrected chi connectivity index (χ1v) is 8.94. The summed E-state index contributed by atoms with van der Waals surface area (Å²) in [6.45, 7) is 1.77. The molecule has 9 nitrogen and oxygen atoms in total. The van der Waals surface area contributed by atoms with Crippen LogP contribution in [0.15, 0.2) is 52.0 Å². The smallest absolute Gasteiger partial charge is 0.362 e. The molecule has 0 radical (unpaired) electrons. The molecule has 2 aromatic carbocycles. The Morgan fingerprint density at radius 2 is 2.13 bits per heavy atom. The van der Waals surface area contributed by atoms with Gasteiger partial charge in [0, 0.05) is 23.3 Å². The van der Waals surface area contributed by atoms with Crippen molar-refractivity contribution in [2.75, 3.05) is 12.0 Å². The fraction of sp³-hybridized carbons (Fsp3) is 0.105. The molecule has 0 saturated carbocycles. The Kier molecular flexibility index (Phi) is 6.38. The van der Waals surface area contributed by atoms with E-state index in [4.69, 9.17) is 20.8 Å². The number of carbonyl (C=O) groups is 1. The number of nitro groups is 1. The molecule has 0 fully saturated rings. The van der Waals surface area contributed by atoms with Gasteiger partial charge in [-0.15, -0.1) is 0 Å². The van der Waals surface area contributed by atoms with Crippen molar-refractivity contribution in [2.45, 2.75) is 6.92 Å². The molecule has 0 unspecified atom stereocenters. The maximum absolute atomic E-state index is 13.6. The first kappa shape index (κ1) is 20.9. The number of carbonyl (C=O) groups excluding carboxylic acids is 1. The SMILES string of the molecule is CCOC(=O)c1nc(-c2ccccc2)oc1N/N=C/c1cc([N+](=O)[O-])c(F)cc1Cl. The quantitative estimate of drug-likeness (QED) is 0.249. The topological polar surface area (TPSA) is 120 Å². The molecule has 0 amide bonds. The van der Waals surface area contributed by atoms with Crippen LogP contribution < -0.4 is 5.43 Å². The Bertz CT molecular complexity index is 1120. The van der Waals surface area contributed by atoms with Gasteiger partial charge in [0.1, 0.15) is 0 Å². The lowest BCUT2D eigenvalue weighted by atomic mass is 10.2. The molecule has 0 aliphatic heterocycles. The summed E-state index contributed by atoms with van der Waals surface area (Å²) in [7, 11) is 0. The van der Waals surface area contributed by atoms with Gasteiger partial charge in [0.25, 0.3) is 0 Å². The summed E-state index contributed by atoms with van der Waals surface area (Å²) in [5.74, 6) is -1.73. The third-order valence-electron chi connectivity index (χ3n) is 3.75. The van der Waals surface area contributed by atoms with E-state index in [-0.39, 0.29) is 34.7 Å². The number of esters is 1. The second-order valence-corrected chi connectivity index (χ2v) is 6.14. The van der Waals surface area contributed by atoms with Crippen molar-refractivity contribution < 1.29 is 23.3 Å². The summed E-state index contributed by atoms with van der Waals surface area (Å²) < 4.78 is 24.1.